The molecule has 0 aromatic heterocycles. The van der Waals surface area contributed by atoms with Crippen molar-refractivity contribution in [2.24, 2.45) is 17.8 Å². The number of rotatable bonds is 4. The Morgan fingerprint density at radius 3 is 2.73 bits per heavy atom. The third-order valence-electron chi connectivity index (χ3n) is 5.18. The highest BCUT2D eigenvalue weighted by Gasteiger charge is 2.42. The van der Waals surface area contributed by atoms with Gasteiger partial charge in [0.2, 0.25) is 5.91 Å². The van der Waals surface area contributed by atoms with Crippen LogP contribution in [0.3, 0.4) is 0 Å². The first-order chi connectivity index (χ1) is 10.4. The van der Waals surface area contributed by atoms with Crippen molar-refractivity contribution < 1.29 is 19.1 Å². The SMILES string of the molecule is CNC(=O)COC(=O)[C@@H]1CC(=O)N([C@H]2CCC[C@@H](C)[C@H]2C)C1. The maximum atomic E-state index is 12.3. The molecule has 1 N–H and O–H groups in total. The number of carbonyl (C=O) groups excluding carboxylic acids is 3. The first-order valence-corrected chi connectivity index (χ1v) is 8.10. The number of hydrogen-bond donors (Lipinski definition) is 1. The van der Waals surface area contributed by atoms with Crippen LogP contribution in [0.2, 0.25) is 0 Å². The van der Waals surface area contributed by atoms with Crippen molar-refractivity contribution in [3.05, 3.63) is 0 Å². The lowest BCUT2D eigenvalue weighted by Crippen LogP contribution is -2.45. The summed E-state index contributed by atoms with van der Waals surface area (Å²) in [7, 11) is 1.49. The van der Waals surface area contributed by atoms with Gasteiger partial charge in [-0.05, 0) is 18.3 Å². The van der Waals surface area contributed by atoms with E-state index in [-0.39, 0.29) is 30.9 Å². The Kier molecular flexibility index (Phi) is 5.42. The summed E-state index contributed by atoms with van der Waals surface area (Å²) in [6.45, 7) is 4.56. The first kappa shape index (κ1) is 16.8. The summed E-state index contributed by atoms with van der Waals surface area (Å²) in [4.78, 5) is 37.3. The topological polar surface area (TPSA) is 75.7 Å². The molecule has 4 atom stereocenters. The molecule has 0 spiro atoms. The van der Waals surface area contributed by atoms with Crippen LogP contribution in [0.4, 0.5) is 0 Å². The Bertz CT molecular complexity index is 451. The van der Waals surface area contributed by atoms with Crippen molar-refractivity contribution in [2.75, 3.05) is 20.2 Å². The van der Waals surface area contributed by atoms with Crippen LogP contribution in [-0.4, -0.2) is 48.9 Å². The van der Waals surface area contributed by atoms with Gasteiger partial charge in [0.15, 0.2) is 6.61 Å². The highest BCUT2D eigenvalue weighted by Crippen LogP contribution is 2.35. The molecule has 6 heteroatoms. The van der Waals surface area contributed by atoms with Crippen LogP contribution in [0.1, 0.15) is 39.5 Å². The zero-order valence-corrected chi connectivity index (χ0v) is 13.6. The van der Waals surface area contributed by atoms with Gasteiger partial charge in [0, 0.05) is 26.1 Å². The van der Waals surface area contributed by atoms with Gasteiger partial charge in [-0.25, -0.2) is 0 Å². The third-order valence-corrected chi connectivity index (χ3v) is 5.18. The number of nitrogens with zero attached hydrogens (tertiary/aromatic N) is 1. The Hall–Kier alpha value is -1.59. The number of esters is 1. The van der Waals surface area contributed by atoms with Gasteiger partial charge in [0.25, 0.3) is 5.91 Å². The smallest absolute Gasteiger partial charge is 0.311 e. The maximum absolute atomic E-state index is 12.3. The van der Waals surface area contributed by atoms with Gasteiger partial charge in [0.1, 0.15) is 0 Å². The molecule has 1 aliphatic heterocycles. The van der Waals surface area contributed by atoms with Crippen LogP contribution in [-0.2, 0) is 19.1 Å². The van der Waals surface area contributed by atoms with E-state index in [4.69, 9.17) is 4.74 Å². The molecule has 0 radical (unpaired) electrons. The molecule has 2 fully saturated rings. The van der Waals surface area contributed by atoms with Crippen LogP contribution < -0.4 is 5.32 Å². The van der Waals surface area contributed by atoms with Gasteiger partial charge < -0.3 is 15.0 Å². The minimum absolute atomic E-state index is 0.0350. The Morgan fingerprint density at radius 2 is 2.05 bits per heavy atom. The van der Waals surface area contributed by atoms with Crippen LogP contribution in [0.25, 0.3) is 0 Å². The fraction of sp³-hybridized carbons (Fsp3) is 0.812. The van der Waals surface area contributed by atoms with Gasteiger partial charge in [-0.3, -0.25) is 14.4 Å². The molecule has 2 amide bonds. The quantitative estimate of drug-likeness (QED) is 0.784. The average molecular weight is 310 g/mol. The zero-order valence-electron chi connectivity index (χ0n) is 13.6. The summed E-state index contributed by atoms with van der Waals surface area (Å²) in [6, 6.07) is 0.230. The number of nitrogens with one attached hydrogen (secondary N) is 1. The molecule has 1 saturated carbocycles. The van der Waals surface area contributed by atoms with Crippen molar-refractivity contribution >= 4 is 17.8 Å². The normalized spacial score (nSPS) is 32.0. The molecule has 2 rings (SSSR count). The molecule has 6 nitrogen and oxygen atoms in total. The Morgan fingerprint density at radius 1 is 1.32 bits per heavy atom. The predicted octanol–water partition coefficient (Wildman–Crippen LogP) is 0.949. The van der Waals surface area contributed by atoms with Gasteiger partial charge in [0.05, 0.1) is 5.92 Å². The van der Waals surface area contributed by atoms with Crippen LogP contribution in [0, 0.1) is 17.8 Å². The fourth-order valence-corrected chi connectivity index (χ4v) is 3.53. The molecular formula is C16H26N2O4. The second kappa shape index (κ2) is 7.11. The number of ether oxygens (including phenoxy) is 1. The highest BCUT2D eigenvalue weighted by molar-refractivity contribution is 5.88. The maximum Gasteiger partial charge on any atom is 0.311 e. The van der Waals surface area contributed by atoms with Crippen molar-refractivity contribution in [3.8, 4) is 0 Å². The lowest BCUT2D eigenvalue weighted by atomic mass is 9.77. The number of carbonyl (C=O) groups is 3. The highest BCUT2D eigenvalue weighted by atomic mass is 16.5. The molecule has 1 heterocycles. The summed E-state index contributed by atoms with van der Waals surface area (Å²) < 4.78 is 4.98. The van der Waals surface area contributed by atoms with E-state index in [0.29, 0.717) is 18.4 Å². The molecule has 22 heavy (non-hydrogen) atoms. The van der Waals surface area contributed by atoms with E-state index < -0.39 is 11.9 Å². The van der Waals surface area contributed by atoms with Gasteiger partial charge in [-0.15, -0.1) is 0 Å². The van der Waals surface area contributed by atoms with E-state index in [0.717, 1.165) is 12.8 Å². The van der Waals surface area contributed by atoms with Crippen LogP contribution in [0.15, 0.2) is 0 Å². The van der Waals surface area contributed by atoms with E-state index in [9.17, 15) is 14.4 Å². The van der Waals surface area contributed by atoms with Crippen molar-refractivity contribution in [1.82, 2.24) is 10.2 Å². The number of likely N-dealkylation sites (N-methyl/N-ethyl adjacent to an activating group) is 1. The minimum Gasteiger partial charge on any atom is -0.455 e. The van der Waals surface area contributed by atoms with Crippen LogP contribution >= 0.6 is 0 Å². The van der Waals surface area contributed by atoms with Crippen molar-refractivity contribution in [1.29, 1.82) is 0 Å². The molecule has 0 aromatic rings. The molecule has 0 bridgehead atoms. The van der Waals surface area contributed by atoms with Crippen LogP contribution in [0.5, 0.6) is 0 Å². The Balaban J connectivity index is 1.92. The van der Waals surface area contributed by atoms with E-state index in [2.05, 4.69) is 19.2 Å². The number of likely N-dealkylation sites (tertiary alicyclic amines) is 1. The summed E-state index contributed by atoms with van der Waals surface area (Å²) in [5.74, 6) is -0.140. The molecule has 1 saturated heterocycles. The summed E-state index contributed by atoms with van der Waals surface area (Å²) >= 11 is 0. The van der Waals surface area contributed by atoms with Gasteiger partial charge in [-0.1, -0.05) is 26.7 Å². The molecule has 0 aromatic carbocycles. The Labute approximate surface area is 131 Å². The third kappa shape index (κ3) is 3.59. The second-order valence-electron chi connectivity index (χ2n) is 6.56. The van der Waals surface area contributed by atoms with Gasteiger partial charge >= 0.3 is 5.97 Å². The number of amides is 2. The monoisotopic (exact) mass is 310 g/mol. The molecule has 2 aliphatic rings. The summed E-state index contributed by atoms with van der Waals surface area (Å²) in [5.41, 5.74) is 0. The molecular weight excluding hydrogens is 284 g/mol. The van der Waals surface area contributed by atoms with E-state index >= 15 is 0 Å². The van der Waals surface area contributed by atoms with Crippen molar-refractivity contribution in [3.63, 3.8) is 0 Å². The van der Waals surface area contributed by atoms with Crippen molar-refractivity contribution in [2.45, 2.75) is 45.6 Å². The molecule has 124 valence electrons. The van der Waals surface area contributed by atoms with Gasteiger partial charge in [-0.2, -0.15) is 0 Å². The summed E-state index contributed by atoms with van der Waals surface area (Å²) in [6.07, 6.45) is 3.55. The average Bonchev–Trinajstić information content (AvgIpc) is 2.89. The fourth-order valence-electron chi connectivity index (χ4n) is 3.53. The summed E-state index contributed by atoms with van der Waals surface area (Å²) in [5, 5.41) is 2.40. The molecule has 1 aliphatic carbocycles. The number of hydrogen-bond acceptors (Lipinski definition) is 4. The molecule has 0 unspecified atom stereocenters. The predicted molar refractivity (Wildman–Crippen MR) is 80.8 cm³/mol. The standard InChI is InChI=1S/C16H26N2O4/c1-10-5-4-6-13(11(10)2)18-8-12(7-15(18)20)16(21)22-9-14(19)17-3/h10-13H,4-9H2,1-3H3,(H,17,19)/t10-,11-,12-,13+/m1/s1. The lowest BCUT2D eigenvalue weighted by molar-refractivity contribution is -0.152. The lowest BCUT2D eigenvalue weighted by Gasteiger charge is -2.39. The largest absolute Gasteiger partial charge is 0.455 e. The van der Waals surface area contributed by atoms with E-state index in [1.807, 2.05) is 4.90 Å². The van der Waals surface area contributed by atoms with E-state index in [1.165, 1.54) is 13.5 Å². The zero-order chi connectivity index (χ0) is 16.3. The van der Waals surface area contributed by atoms with E-state index in [1.54, 1.807) is 0 Å². The second-order valence-corrected chi connectivity index (χ2v) is 6.56. The minimum atomic E-state index is -0.448. The first-order valence-electron chi connectivity index (χ1n) is 8.10.